The summed E-state index contributed by atoms with van der Waals surface area (Å²) in [6, 6.07) is 0. The van der Waals surface area contributed by atoms with E-state index in [1.165, 1.54) is 11.1 Å². The van der Waals surface area contributed by atoms with Crippen molar-refractivity contribution < 1.29 is 40.6 Å². The normalized spacial score (nSPS) is 23.4. The number of amides is 1. The van der Waals surface area contributed by atoms with Gasteiger partial charge in [-0.3, -0.25) is 0 Å². The number of carbonyl (C=O) groups is 1. The van der Waals surface area contributed by atoms with Crippen LogP contribution in [0.25, 0.3) is 0 Å². The zero-order valence-corrected chi connectivity index (χ0v) is 20.2. The van der Waals surface area contributed by atoms with Crippen molar-refractivity contribution in [1.82, 2.24) is 14.9 Å². The van der Waals surface area contributed by atoms with E-state index >= 15 is 0 Å². The number of hydrogen-bond donors (Lipinski definition) is 0. The third-order valence-corrected chi connectivity index (χ3v) is 6.94. The van der Waals surface area contributed by atoms with Crippen LogP contribution in [0.5, 0.6) is 5.88 Å². The number of halogens is 3. The summed E-state index contributed by atoms with van der Waals surface area (Å²) >= 11 is 0. The summed E-state index contributed by atoms with van der Waals surface area (Å²) in [6.07, 6.45) is -1.44. The van der Waals surface area contributed by atoms with Crippen molar-refractivity contribution in [2.24, 2.45) is 0 Å². The highest BCUT2D eigenvalue weighted by Gasteiger charge is 2.40. The Hall–Kier alpha value is -2.15. The number of sulfone groups is 1. The molecule has 0 N–H and O–H groups in total. The number of rotatable bonds is 6. The van der Waals surface area contributed by atoms with Gasteiger partial charge in [-0.15, -0.1) is 0 Å². The zero-order valence-electron chi connectivity index (χ0n) is 19.4. The van der Waals surface area contributed by atoms with Crippen LogP contribution >= 0.6 is 0 Å². The molecule has 1 aliphatic heterocycles. The van der Waals surface area contributed by atoms with Crippen LogP contribution in [0.3, 0.4) is 0 Å². The van der Waals surface area contributed by atoms with Crippen LogP contribution in [0.2, 0.25) is 0 Å². The van der Waals surface area contributed by atoms with Crippen LogP contribution in [0.4, 0.5) is 18.0 Å². The fourth-order valence-electron chi connectivity index (χ4n) is 3.93. The Kier molecular flexibility index (Phi) is 8.27. The van der Waals surface area contributed by atoms with Gasteiger partial charge in [0.15, 0.2) is 21.0 Å². The van der Waals surface area contributed by atoms with E-state index in [4.69, 9.17) is 9.47 Å². The number of likely N-dealkylation sites (tertiary alicyclic amines) is 1. The Morgan fingerprint density at radius 2 is 1.65 bits per heavy atom. The fourth-order valence-corrected chi connectivity index (χ4v) is 4.47. The van der Waals surface area contributed by atoms with Crippen LogP contribution in [0.1, 0.15) is 51.1 Å². The molecular weight excluding hydrogens is 479 g/mol. The molecular formula is C21H30F3N3O6S. The Labute approximate surface area is 196 Å². The average molecular weight is 510 g/mol. The Morgan fingerprint density at radius 1 is 1.09 bits per heavy atom. The average Bonchev–Trinajstić information content (AvgIpc) is 2.75. The maximum absolute atomic E-state index is 12.6. The second-order valence-corrected chi connectivity index (χ2v) is 10.7. The van der Waals surface area contributed by atoms with Crippen molar-refractivity contribution in [3.8, 4) is 5.88 Å². The van der Waals surface area contributed by atoms with E-state index in [0.29, 0.717) is 24.4 Å². The van der Waals surface area contributed by atoms with Gasteiger partial charge in [0.2, 0.25) is 5.88 Å². The first-order valence-electron chi connectivity index (χ1n) is 11.2. The fraction of sp³-hybridized carbons (Fsp3) is 0.762. The summed E-state index contributed by atoms with van der Waals surface area (Å²) in [5.41, 5.74) is 0.413. The molecule has 1 unspecified atom stereocenters. The van der Waals surface area contributed by atoms with E-state index in [0.717, 1.165) is 38.9 Å². The molecule has 2 fully saturated rings. The van der Waals surface area contributed by atoms with Gasteiger partial charge in [0.25, 0.3) is 0 Å². The molecule has 0 radical (unpaired) electrons. The summed E-state index contributed by atoms with van der Waals surface area (Å²) in [5, 5.41) is -0.0939. The predicted octanol–water partition coefficient (Wildman–Crippen LogP) is 3.45. The molecule has 1 aliphatic carbocycles. The lowest BCUT2D eigenvalue weighted by Gasteiger charge is -2.36. The van der Waals surface area contributed by atoms with Gasteiger partial charge in [0.05, 0.1) is 18.4 Å². The second-order valence-electron chi connectivity index (χ2n) is 8.78. The van der Waals surface area contributed by atoms with Gasteiger partial charge in [-0.1, -0.05) is 0 Å². The number of piperidine rings is 1. The number of carbonyl (C=O) groups excluding carboxylic acids is 1. The van der Waals surface area contributed by atoms with Gasteiger partial charge in [-0.2, -0.15) is 13.2 Å². The van der Waals surface area contributed by atoms with Gasteiger partial charge in [-0.25, -0.2) is 23.2 Å². The van der Waals surface area contributed by atoms with Crippen LogP contribution in [0.15, 0.2) is 11.2 Å². The number of ether oxygens (including phenoxy) is 3. The number of hydrogen-bond acceptors (Lipinski definition) is 8. The van der Waals surface area contributed by atoms with E-state index in [1.54, 1.807) is 6.92 Å². The summed E-state index contributed by atoms with van der Waals surface area (Å²) in [7, 11) is -3.44. The van der Waals surface area contributed by atoms with E-state index in [-0.39, 0.29) is 36.4 Å². The molecule has 0 aromatic carbocycles. The van der Waals surface area contributed by atoms with Crippen LogP contribution < -0.4 is 4.74 Å². The lowest BCUT2D eigenvalue weighted by molar-refractivity contribution is -0.200. The zero-order chi connectivity index (χ0) is 25.1. The number of nitrogens with zero attached hydrogens (tertiary/aromatic N) is 3. The highest BCUT2D eigenvalue weighted by Crippen LogP contribution is 2.29. The first-order valence-corrected chi connectivity index (χ1v) is 13.1. The SMILES string of the molecule is Cc1nc(S(C)(=O)=O)cnc1O[C@H]1CC[C@H](OC2CCN(C(=O)OC(C)C(F)(F)F)CC2)CC1. The lowest BCUT2D eigenvalue weighted by atomic mass is 9.94. The van der Waals surface area contributed by atoms with E-state index in [2.05, 4.69) is 14.7 Å². The standard InChI is InChI=1S/C21H30F3N3O6S/c1-13-19(25-12-18(26-13)34(3,29)30)33-16-6-4-15(5-7-16)32-17-8-10-27(11-9-17)20(28)31-14(2)21(22,23)24/h12,14-17H,4-11H2,1-3H3/t14?,15-,16-. The van der Waals surface area contributed by atoms with Crippen molar-refractivity contribution in [1.29, 1.82) is 0 Å². The third-order valence-electron chi connectivity index (χ3n) is 5.98. The summed E-state index contributed by atoms with van der Waals surface area (Å²) in [5.74, 6) is 0.316. The van der Waals surface area contributed by atoms with Crippen molar-refractivity contribution in [3.05, 3.63) is 11.9 Å². The molecule has 2 heterocycles. The van der Waals surface area contributed by atoms with E-state index in [1.807, 2.05) is 0 Å². The molecule has 2 aliphatic rings. The van der Waals surface area contributed by atoms with Gasteiger partial charge in [-0.05, 0) is 52.4 Å². The molecule has 1 amide bonds. The van der Waals surface area contributed by atoms with Crippen molar-refractivity contribution in [2.45, 2.75) is 88.0 Å². The highest BCUT2D eigenvalue weighted by molar-refractivity contribution is 7.90. The Morgan fingerprint density at radius 3 is 2.18 bits per heavy atom. The van der Waals surface area contributed by atoms with E-state index < -0.39 is 28.2 Å². The highest BCUT2D eigenvalue weighted by atomic mass is 32.2. The molecule has 34 heavy (non-hydrogen) atoms. The molecule has 1 aromatic rings. The largest absolute Gasteiger partial charge is 0.473 e. The minimum Gasteiger partial charge on any atom is -0.473 e. The number of aryl methyl sites for hydroxylation is 1. The summed E-state index contributed by atoms with van der Waals surface area (Å²) in [6.45, 7) is 3.03. The minimum atomic E-state index is -4.58. The van der Waals surface area contributed by atoms with Gasteiger partial charge in [0.1, 0.15) is 11.8 Å². The minimum absolute atomic E-state index is 0.0356. The Balaban J connectivity index is 1.40. The monoisotopic (exact) mass is 509 g/mol. The van der Waals surface area contributed by atoms with Crippen LogP contribution in [-0.4, -0.2) is 79.3 Å². The van der Waals surface area contributed by atoms with Gasteiger partial charge < -0.3 is 19.1 Å². The van der Waals surface area contributed by atoms with Gasteiger partial charge in [0, 0.05) is 19.3 Å². The Bertz CT molecular complexity index is 959. The molecule has 1 saturated heterocycles. The topological polar surface area (TPSA) is 108 Å². The summed E-state index contributed by atoms with van der Waals surface area (Å²) in [4.78, 5) is 21.4. The maximum atomic E-state index is 12.6. The lowest BCUT2D eigenvalue weighted by Crippen LogP contribution is -2.44. The second kappa shape index (κ2) is 10.6. The molecule has 3 rings (SSSR count). The summed E-state index contributed by atoms with van der Waals surface area (Å²) < 4.78 is 77.5. The van der Waals surface area contributed by atoms with Crippen LogP contribution in [-0.2, 0) is 19.3 Å². The molecule has 192 valence electrons. The first-order chi connectivity index (χ1) is 15.8. The number of aromatic nitrogens is 2. The quantitative estimate of drug-likeness (QED) is 0.574. The molecule has 9 nitrogen and oxygen atoms in total. The molecule has 1 atom stereocenters. The first kappa shape index (κ1) is 26.5. The molecule has 1 saturated carbocycles. The van der Waals surface area contributed by atoms with Crippen molar-refractivity contribution in [3.63, 3.8) is 0 Å². The molecule has 0 bridgehead atoms. The smallest absolute Gasteiger partial charge is 0.425 e. The molecule has 13 heteroatoms. The molecule has 1 aromatic heterocycles. The van der Waals surface area contributed by atoms with Gasteiger partial charge >= 0.3 is 12.3 Å². The van der Waals surface area contributed by atoms with Crippen molar-refractivity contribution >= 4 is 15.9 Å². The van der Waals surface area contributed by atoms with Crippen LogP contribution in [0, 0.1) is 6.92 Å². The third kappa shape index (κ3) is 7.17. The maximum Gasteiger partial charge on any atom is 0.425 e. The molecule has 0 spiro atoms. The number of alkyl halides is 3. The predicted molar refractivity (Wildman–Crippen MR) is 114 cm³/mol. The van der Waals surface area contributed by atoms with Crippen molar-refractivity contribution in [2.75, 3.05) is 19.3 Å². The van der Waals surface area contributed by atoms with E-state index in [9.17, 15) is 26.4 Å².